The number of hydrogen-bond acceptors (Lipinski definition) is 3. The van der Waals surface area contributed by atoms with Gasteiger partial charge in [0.15, 0.2) is 5.96 Å². The molecule has 1 aromatic carbocycles. The lowest BCUT2D eigenvalue weighted by atomic mass is 10.2. The molecule has 1 unspecified atom stereocenters. The molecule has 0 fully saturated rings. The molecule has 0 heterocycles. The summed E-state index contributed by atoms with van der Waals surface area (Å²) in [6, 6.07) is 7.87. The minimum Gasteiger partial charge on any atom is -0.497 e. The lowest BCUT2D eigenvalue weighted by Gasteiger charge is -2.14. The number of rotatable bonds is 7. The summed E-state index contributed by atoms with van der Waals surface area (Å²) in [5.41, 5.74) is 1.09. The van der Waals surface area contributed by atoms with E-state index in [-0.39, 0.29) is 36.5 Å². The van der Waals surface area contributed by atoms with Gasteiger partial charge in [-0.15, -0.1) is 24.0 Å². The Labute approximate surface area is 144 Å². The maximum absolute atomic E-state index is 9.03. The highest BCUT2D eigenvalue weighted by molar-refractivity contribution is 14.0. The largest absolute Gasteiger partial charge is 0.497 e. The van der Waals surface area contributed by atoms with Gasteiger partial charge in [-0.05, 0) is 30.5 Å². The standard InChI is InChI=1S/C15H25N3O2.HI/c1-4-16-15(17-9-12(2)11-19)18-10-13-6-5-7-14(8-13)20-3;/h5-8,12,19H,4,9-11H2,1-3H3,(H2,16,17,18);1H. The van der Waals surface area contributed by atoms with Crippen LogP contribution >= 0.6 is 24.0 Å². The zero-order chi connectivity index (χ0) is 14.8. The van der Waals surface area contributed by atoms with Gasteiger partial charge in [0.05, 0.1) is 13.7 Å². The van der Waals surface area contributed by atoms with E-state index in [2.05, 4.69) is 15.6 Å². The molecule has 0 radical (unpaired) electrons. The van der Waals surface area contributed by atoms with Crippen molar-refractivity contribution in [2.75, 3.05) is 26.8 Å². The fourth-order valence-electron chi connectivity index (χ4n) is 1.62. The van der Waals surface area contributed by atoms with Crippen LogP contribution in [0.2, 0.25) is 0 Å². The average molecular weight is 407 g/mol. The van der Waals surface area contributed by atoms with Crippen molar-refractivity contribution in [3.8, 4) is 5.75 Å². The normalized spacial score (nSPS) is 12.3. The maximum atomic E-state index is 9.03. The highest BCUT2D eigenvalue weighted by Crippen LogP contribution is 2.13. The number of methoxy groups -OCH3 is 1. The molecule has 1 aromatic rings. The summed E-state index contributed by atoms with van der Waals surface area (Å²) < 4.78 is 5.20. The van der Waals surface area contributed by atoms with Gasteiger partial charge in [-0.1, -0.05) is 19.1 Å². The number of guanidine groups is 1. The molecule has 1 rings (SSSR count). The molecule has 21 heavy (non-hydrogen) atoms. The smallest absolute Gasteiger partial charge is 0.191 e. The molecule has 0 aromatic heterocycles. The van der Waals surface area contributed by atoms with Crippen molar-refractivity contribution in [1.82, 2.24) is 10.6 Å². The Bertz CT molecular complexity index is 427. The molecular formula is C15H26IN3O2. The second-order valence-corrected chi connectivity index (χ2v) is 4.72. The first-order valence-corrected chi connectivity index (χ1v) is 6.95. The Morgan fingerprint density at radius 3 is 2.76 bits per heavy atom. The maximum Gasteiger partial charge on any atom is 0.191 e. The summed E-state index contributed by atoms with van der Waals surface area (Å²) in [4.78, 5) is 4.52. The average Bonchev–Trinajstić information content (AvgIpc) is 2.49. The summed E-state index contributed by atoms with van der Waals surface area (Å²) in [5.74, 6) is 1.80. The summed E-state index contributed by atoms with van der Waals surface area (Å²) in [6.07, 6.45) is 0. The number of benzene rings is 1. The zero-order valence-corrected chi connectivity index (χ0v) is 15.3. The Kier molecular flexibility index (Phi) is 11.1. The number of nitrogens with zero attached hydrogens (tertiary/aromatic N) is 1. The van der Waals surface area contributed by atoms with E-state index in [1.54, 1.807) is 7.11 Å². The van der Waals surface area contributed by atoms with E-state index in [0.717, 1.165) is 23.8 Å². The molecule has 0 aliphatic carbocycles. The molecular weight excluding hydrogens is 381 g/mol. The van der Waals surface area contributed by atoms with E-state index in [9.17, 15) is 0 Å². The summed E-state index contributed by atoms with van der Waals surface area (Å²) in [6.45, 7) is 6.26. The van der Waals surface area contributed by atoms with Crippen LogP contribution < -0.4 is 15.4 Å². The lowest BCUT2D eigenvalue weighted by molar-refractivity contribution is 0.238. The molecule has 0 saturated heterocycles. The van der Waals surface area contributed by atoms with Crippen LogP contribution in [0.1, 0.15) is 19.4 Å². The Hall–Kier alpha value is -1.02. The van der Waals surface area contributed by atoms with Gasteiger partial charge < -0.3 is 20.5 Å². The van der Waals surface area contributed by atoms with Gasteiger partial charge in [-0.3, -0.25) is 0 Å². The monoisotopic (exact) mass is 407 g/mol. The van der Waals surface area contributed by atoms with Crippen molar-refractivity contribution in [3.05, 3.63) is 29.8 Å². The van der Waals surface area contributed by atoms with Crippen LogP contribution in [0.5, 0.6) is 5.75 Å². The van der Waals surface area contributed by atoms with Crippen molar-refractivity contribution in [2.24, 2.45) is 10.9 Å². The lowest BCUT2D eigenvalue weighted by Crippen LogP contribution is -2.39. The molecule has 0 spiro atoms. The van der Waals surface area contributed by atoms with Gasteiger partial charge >= 0.3 is 0 Å². The first-order chi connectivity index (χ1) is 9.69. The van der Waals surface area contributed by atoms with Crippen LogP contribution in [-0.2, 0) is 6.54 Å². The topological polar surface area (TPSA) is 65.9 Å². The van der Waals surface area contributed by atoms with E-state index >= 15 is 0 Å². The third-order valence-corrected chi connectivity index (χ3v) is 2.83. The van der Waals surface area contributed by atoms with Crippen LogP contribution in [0.25, 0.3) is 0 Å². The number of aliphatic hydroxyl groups is 1. The number of aliphatic imine (C=N–C) groups is 1. The van der Waals surface area contributed by atoms with Crippen molar-refractivity contribution >= 4 is 29.9 Å². The van der Waals surface area contributed by atoms with E-state index in [0.29, 0.717) is 13.1 Å². The molecule has 3 N–H and O–H groups in total. The number of aliphatic hydroxyl groups excluding tert-OH is 1. The van der Waals surface area contributed by atoms with Gasteiger partial charge in [0, 0.05) is 19.7 Å². The van der Waals surface area contributed by atoms with Crippen molar-refractivity contribution in [3.63, 3.8) is 0 Å². The Morgan fingerprint density at radius 2 is 2.14 bits per heavy atom. The Morgan fingerprint density at radius 1 is 1.38 bits per heavy atom. The van der Waals surface area contributed by atoms with Gasteiger partial charge in [0.2, 0.25) is 0 Å². The highest BCUT2D eigenvalue weighted by atomic mass is 127. The molecule has 0 aliphatic rings. The number of halogens is 1. The molecule has 5 nitrogen and oxygen atoms in total. The second kappa shape index (κ2) is 11.6. The molecule has 1 atom stereocenters. The number of ether oxygens (including phenoxy) is 1. The van der Waals surface area contributed by atoms with Gasteiger partial charge in [-0.25, -0.2) is 4.99 Å². The predicted octanol–water partition coefficient (Wildman–Crippen LogP) is 2.00. The van der Waals surface area contributed by atoms with Crippen LogP contribution in [0.4, 0.5) is 0 Å². The quantitative estimate of drug-likeness (QED) is 0.368. The van der Waals surface area contributed by atoms with Crippen LogP contribution in [0, 0.1) is 5.92 Å². The molecule has 6 heteroatoms. The fourth-order valence-corrected chi connectivity index (χ4v) is 1.62. The third-order valence-electron chi connectivity index (χ3n) is 2.83. The summed E-state index contributed by atoms with van der Waals surface area (Å²) in [5, 5.41) is 15.4. The van der Waals surface area contributed by atoms with Crippen molar-refractivity contribution in [2.45, 2.75) is 20.4 Å². The molecule has 120 valence electrons. The molecule has 0 amide bonds. The minimum atomic E-state index is 0. The van der Waals surface area contributed by atoms with Gasteiger partial charge in [-0.2, -0.15) is 0 Å². The summed E-state index contributed by atoms with van der Waals surface area (Å²) in [7, 11) is 1.66. The first-order valence-electron chi connectivity index (χ1n) is 6.95. The van der Waals surface area contributed by atoms with E-state index in [1.165, 1.54) is 0 Å². The van der Waals surface area contributed by atoms with E-state index in [4.69, 9.17) is 9.84 Å². The van der Waals surface area contributed by atoms with Crippen molar-refractivity contribution < 1.29 is 9.84 Å². The number of hydrogen-bond donors (Lipinski definition) is 3. The second-order valence-electron chi connectivity index (χ2n) is 4.72. The third kappa shape index (κ3) is 8.11. The summed E-state index contributed by atoms with van der Waals surface area (Å²) >= 11 is 0. The minimum absolute atomic E-state index is 0. The number of nitrogens with one attached hydrogen (secondary N) is 2. The van der Waals surface area contributed by atoms with Crippen LogP contribution in [-0.4, -0.2) is 37.9 Å². The van der Waals surface area contributed by atoms with Gasteiger partial charge in [0.1, 0.15) is 5.75 Å². The van der Waals surface area contributed by atoms with Crippen LogP contribution in [0.3, 0.4) is 0 Å². The van der Waals surface area contributed by atoms with Crippen molar-refractivity contribution in [1.29, 1.82) is 0 Å². The van der Waals surface area contributed by atoms with E-state index < -0.39 is 0 Å². The predicted molar refractivity (Wildman–Crippen MR) is 97.5 cm³/mol. The highest BCUT2D eigenvalue weighted by Gasteiger charge is 2.02. The van der Waals surface area contributed by atoms with Gasteiger partial charge in [0.25, 0.3) is 0 Å². The first kappa shape index (κ1) is 20.0. The molecule has 0 bridgehead atoms. The van der Waals surface area contributed by atoms with Crippen LogP contribution in [0.15, 0.2) is 29.3 Å². The fraction of sp³-hybridized carbons (Fsp3) is 0.533. The SMILES string of the molecule is CCNC(=NCc1cccc(OC)c1)NCC(C)CO.I. The van der Waals surface area contributed by atoms with E-state index in [1.807, 2.05) is 38.1 Å². The zero-order valence-electron chi connectivity index (χ0n) is 12.9. The molecule has 0 aliphatic heterocycles. The molecule has 0 saturated carbocycles. The Balaban J connectivity index is 0.00000400.